The first-order chi connectivity index (χ1) is 15.1. The fraction of sp³-hybridized carbons (Fsp3) is 0.577. The van der Waals surface area contributed by atoms with Crippen molar-refractivity contribution in [1.29, 1.82) is 0 Å². The van der Waals surface area contributed by atoms with Crippen molar-refractivity contribution in [3.8, 4) is 0 Å². The first-order valence-corrected chi connectivity index (χ1v) is 11.8. The number of rotatable bonds is 10. The normalized spacial score (nSPS) is 19.8. The average Bonchev–Trinajstić information content (AvgIpc) is 2.95. The Kier molecular flexibility index (Phi) is 9.47. The van der Waals surface area contributed by atoms with Crippen LogP contribution in [0.4, 0.5) is 0 Å². The van der Waals surface area contributed by atoms with Crippen LogP contribution in [0.25, 0.3) is 0 Å². The van der Waals surface area contributed by atoms with Gasteiger partial charge in [0, 0.05) is 31.3 Å². The molecule has 0 aromatic carbocycles. The van der Waals surface area contributed by atoms with Gasteiger partial charge in [0.25, 0.3) is 0 Å². The molecule has 3 rings (SSSR count). The van der Waals surface area contributed by atoms with Gasteiger partial charge in [-0.2, -0.15) is 0 Å². The largest absolute Gasteiger partial charge is 0.462 e. The van der Waals surface area contributed by atoms with Crippen LogP contribution in [0.15, 0.2) is 49.1 Å². The van der Waals surface area contributed by atoms with E-state index in [0.717, 1.165) is 64.5 Å². The number of pyridine rings is 2. The monoisotopic (exact) mass is 423 g/mol. The van der Waals surface area contributed by atoms with E-state index >= 15 is 0 Å². The number of esters is 1. The van der Waals surface area contributed by atoms with Crippen LogP contribution in [-0.4, -0.2) is 47.1 Å². The highest BCUT2D eigenvalue weighted by Crippen LogP contribution is 2.25. The zero-order valence-electron chi connectivity index (χ0n) is 19.1. The Morgan fingerprint density at radius 1 is 1.10 bits per heavy atom. The van der Waals surface area contributed by atoms with Crippen molar-refractivity contribution >= 4 is 5.97 Å². The number of carbonyl (C=O) groups excluding carboxylic acids is 1. The van der Waals surface area contributed by atoms with Gasteiger partial charge >= 0.3 is 5.97 Å². The lowest BCUT2D eigenvalue weighted by atomic mass is 9.91. The van der Waals surface area contributed by atoms with Crippen molar-refractivity contribution in [3.05, 3.63) is 60.2 Å². The molecule has 2 unspecified atom stereocenters. The number of hydrogen-bond donors (Lipinski definition) is 0. The van der Waals surface area contributed by atoms with Crippen LogP contribution in [0.1, 0.15) is 56.6 Å². The van der Waals surface area contributed by atoms with Crippen LogP contribution in [0.5, 0.6) is 0 Å². The van der Waals surface area contributed by atoms with Gasteiger partial charge in [0.15, 0.2) is 0 Å². The summed E-state index contributed by atoms with van der Waals surface area (Å²) in [4.78, 5) is 23.8. The Balaban J connectivity index is 1.55. The summed E-state index contributed by atoms with van der Waals surface area (Å²) < 4.78 is 6.14. The molecule has 2 aromatic rings. The molecule has 0 radical (unpaired) electrons. The molecule has 168 valence electrons. The van der Waals surface area contributed by atoms with E-state index in [-0.39, 0.29) is 18.0 Å². The quantitative estimate of drug-likeness (QED) is 0.518. The van der Waals surface area contributed by atoms with Crippen LogP contribution >= 0.6 is 0 Å². The van der Waals surface area contributed by atoms with Crippen molar-refractivity contribution in [1.82, 2.24) is 14.9 Å². The van der Waals surface area contributed by atoms with Gasteiger partial charge in [0.05, 0.1) is 5.92 Å². The fourth-order valence-electron chi connectivity index (χ4n) is 4.47. The van der Waals surface area contributed by atoms with Gasteiger partial charge in [-0.25, -0.2) is 0 Å². The number of nitrogens with zero attached hydrogens (tertiary/aromatic N) is 3. The highest BCUT2D eigenvalue weighted by atomic mass is 16.5. The van der Waals surface area contributed by atoms with E-state index in [1.807, 2.05) is 24.5 Å². The summed E-state index contributed by atoms with van der Waals surface area (Å²) in [6.45, 7) is 4.07. The third kappa shape index (κ3) is 8.06. The second-order valence-electron chi connectivity index (χ2n) is 9.05. The van der Waals surface area contributed by atoms with Gasteiger partial charge in [0.2, 0.25) is 0 Å². The molecule has 0 bridgehead atoms. The van der Waals surface area contributed by atoms with E-state index in [1.165, 1.54) is 11.1 Å². The third-order valence-electron chi connectivity index (χ3n) is 6.41. The average molecular weight is 424 g/mol. The molecule has 0 aliphatic carbocycles. The Morgan fingerprint density at radius 3 is 2.26 bits per heavy atom. The lowest BCUT2D eigenvalue weighted by Gasteiger charge is -2.26. The van der Waals surface area contributed by atoms with Crippen LogP contribution in [0.2, 0.25) is 0 Å². The maximum absolute atomic E-state index is 13.1. The molecule has 0 spiro atoms. The highest BCUT2D eigenvalue weighted by molar-refractivity contribution is 5.73. The summed E-state index contributed by atoms with van der Waals surface area (Å²) in [5, 5.41) is 0. The Bertz CT molecular complexity index is 723. The van der Waals surface area contributed by atoms with Crippen molar-refractivity contribution in [2.75, 3.05) is 20.1 Å². The van der Waals surface area contributed by atoms with Gasteiger partial charge in [-0.1, -0.05) is 19.1 Å². The molecule has 1 fully saturated rings. The maximum atomic E-state index is 13.1. The van der Waals surface area contributed by atoms with E-state index in [1.54, 1.807) is 12.4 Å². The number of aryl methyl sites for hydroxylation is 2. The summed E-state index contributed by atoms with van der Waals surface area (Å²) in [5.41, 5.74) is 2.48. The van der Waals surface area contributed by atoms with E-state index in [9.17, 15) is 4.79 Å². The summed E-state index contributed by atoms with van der Waals surface area (Å²) in [7, 11) is 2.11. The van der Waals surface area contributed by atoms with E-state index < -0.39 is 0 Å². The summed E-state index contributed by atoms with van der Waals surface area (Å²) in [6.07, 6.45) is 15.4. The molecule has 0 saturated carbocycles. The molecule has 1 aliphatic rings. The van der Waals surface area contributed by atoms with Crippen LogP contribution in [0.3, 0.4) is 0 Å². The Hall–Kier alpha value is -2.27. The second-order valence-corrected chi connectivity index (χ2v) is 9.05. The van der Waals surface area contributed by atoms with Crippen molar-refractivity contribution in [2.24, 2.45) is 11.8 Å². The van der Waals surface area contributed by atoms with Crippen LogP contribution in [-0.2, 0) is 22.4 Å². The molecular formula is C26H37N3O2. The molecule has 31 heavy (non-hydrogen) atoms. The summed E-state index contributed by atoms with van der Waals surface area (Å²) >= 11 is 0. The number of hydrogen-bond acceptors (Lipinski definition) is 5. The number of likely N-dealkylation sites (tertiary alicyclic amines) is 1. The molecule has 0 amide bonds. The third-order valence-corrected chi connectivity index (χ3v) is 6.41. The topological polar surface area (TPSA) is 55.3 Å². The van der Waals surface area contributed by atoms with Crippen LogP contribution < -0.4 is 0 Å². The standard InChI is InChI=1S/C26H37N3O2/c1-21-8-7-17-29(2)20-25(21)26(30)31-24(13-3-9-22-11-5-15-27-18-22)14-4-10-23-12-6-16-28-19-23/h5-6,11-12,15-16,18-19,21,24-25H,3-4,7-10,13-14,17,20H2,1-2H3. The molecule has 3 heterocycles. The molecule has 2 atom stereocenters. The Labute approximate surface area is 187 Å². The fourth-order valence-corrected chi connectivity index (χ4v) is 4.47. The van der Waals surface area contributed by atoms with Crippen molar-refractivity contribution in [3.63, 3.8) is 0 Å². The van der Waals surface area contributed by atoms with Gasteiger partial charge in [-0.3, -0.25) is 14.8 Å². The van der Waals surface area contributed by atoms with E-state index in [4.69, 9.17) is 4.74 Å². The van der Waals surface area contributed by atoms with Crippen LogP contribution in [0, 0.1) is 11.8 Å². The number of carbonyl (C=O) groups is 1. The smallest absolute Gasteiger partial charge is 0.310 e. The van der Waals surface area contributed by atoms with Gasteiger partial charge in [-0.15, -0.1) is 0 Å². The molecule has 0 N–H and O–H groups in total. The lowest BCUT2D eigenvalue weighted by molar-refractivity contribution is -0.157. The second kappa shape index (κ2) is 12.6. The molecule has 5 nitrogen and oxygen atoms in total. The predicted molar refractivity (Wildman–Crippen MR) is 124 cm³/mol. The zero-order chi connectivity index (χ0) is 21.9. The van der Waals surface area contributed by atoms with Gasteiger partial charge in [0.1, 0.15) is 6.10 Å². The summed E-state index contributed by atoms with van der Waals surface area (Å²) in [5.74, 6) is 0.351. The minimum atomic E-state index is -0.0263. The van der Waals surface area contributed by atoms with Crippen molar-refractivity contribution < 1.29 is 9.53 Å². The number of aromatic nitrogens is 2. The minimum absolute atomic E-state index is 0.00555. The Morgan fingerprint density at radius 2 is 1.71 bits per heavy atom. The van der Waals surface area contributed by atoms with Gasteiger partial charge in [-0.05, 0) is 94.1 Å². The lowest BCUT2D eigenvalue weighted by Crippen LogP contribution is -2.35. The van der Waals surface area contributed by atoms with Crippen molar-refractivity contribution in [2.45, 2.75) is 64.4 Å². The molecule has 1 saturated heterocycles. The SMILES string of the molecule is CC1CCCN(C)CC1C(=O)OC(CCCc1cccnc1)CCCc1cccnc1. The number of ether oxygens (including phenoxy) is 1. The molecular weight excluding hydrogens is 386 g/mol. The van der Waals surface area contributed by atoms with Gasteiger partial charge < -0.3 is 9.64 Å². The highest BCUT2D eigenvalue weighted by Gasteiger charge is 2.31. The summed E-state index contributed by atoms with van der Waals surface area (Å²) in [6, 6.07) is 8.17. The molecule has 5 heteroatoms. The predicted octanol–water partition coefficient (Wildman–Crippen LogP) is 4.71. The first kappa shape index (κ1) is 23.4. The zero-order valence-corrected chi connectivity index (χ0v) is 19.1. The molecule has 1 aliphatic heterocycles. The maximum Gasteiger partial charge on any atom is 0.310 e. The van der Waals surface area contributed by atoms with E-state index in [2.05, 4.69) is 41.0 Å². The molecule has 2 aromatic heterocycles. The first-order valence-electron chi connectivity index (χ1n) is 11.8. The van der Waals surface area contributed by atoms with E-state index in [0.29, 0.717) is 5.92 Å². The minimum Gasteiger partial charge on any atom is -0.462 e.